The molecule has 0 fully saturated rings. The number of ether oxygens (including phenoxy) is 1. The number of imidazole rings is 1. The van der Waals surface area contributed by atoms with E-state index in [4.69, 9.17) is 4.74 Å². The number of nitrogens with zero attached hydrogens (tertiary/aromatic N) is 1. The Morgan fingerprint density at radius 1 is 1.27 bits per heavy atom. The van der Waals surface area contributed by atoms with Gasteiger partial charge in [0.1, 0.15) is 11.6 Å². The Morgan fingerprint density at radius 2 is 2.09 bits per heavy atom. The van der Waals surface area contributed by atoms with Gasteiger partial charge in [-0.05, 0) is 49.6 Å². The zero-order valence-electron chi connectivity index (χ0n) is 13.0. The third kappa shape index (κ3) is 2.89. The highest BCUT2D eigenvalue weighted by Crippen LogP contribution is 2.26. The van der Waals surface area contributed by atoms with Gasteiger partial charge in [0, 0.05) is 0 Å². The van der Waals surface area contributed by atoms with Gasteiger partial charge in [-0.2, -0.15) is 0 Å². The van der Waals surface area contributed by atoms with Gasteiger partial charge < -0.3 is 9.72 Å². The van der Waals surface area contributed by atoms with Crippen molar-refractivity contribution in [2.24, 2.45) is 0 Å². The van der Waals surface area contributed by atoms with E-state index < -0.39 is 0 Å². The van der Waals surface area contributed by atoms with Crippen molar-refractivity contribution >= 4 is 11.0 Å². The highest BCUT2D eigenvalue weighted by molar-refractivity contribution is 5.75. The molecule has 0 unspecified atom stereocenters. The average molecular weight is 292 g/mol. The normalized spacial score (nSPS) is 12.3. The van der Waals surface area contributed by atoms with Crippen LogP contribution in [0, 0.1) is 6.92 Å². The molecule has 3 nitrogen and oxygen atoms in total. The summed E-state index contributed by atoms with van der Waals surface area (Å²) in [5.74, 6) is 1.72. The van der Waals surface area contributed by atoms with Crippen LogP contribution in [-0.4, -0.2) is 9.97 Å². The van der Waals surface area contributed by atoms with Gasteiger partial charge in [-0.3, -0.25) is 0 Å². The van der Waals surface area contributed by atoms with Gasteiger partial charge >= 0.3 is 0 Å². The Kier molecular flexibility index (Phi) is 3.96. The van der Waals surface area contributed by atoms with Crippen molar-refractivity contribution in [3.63, 3.8) is 0 Å². The molecule has 0 saturated carbocycles. The predicted molar refractivity (Wildman–Crippen MR) is 90.2 cm³/mol. The highest BCUT2D eigenvalue weighted by Gasteiger charge is 2.14. The topological polar surface area (TPSA) is 37.9 Å². The molecule has 0 saturated heterocycles. The fraction of sp³-hybridized carbons (Fsp3) is 0.211. The Labute approximate surface area is 130 Å². The molecular weight excluding hydrogens is 272 g/mol. The van der Waals surface area contributed by atoms with Gasteiger partial charge in [-0.15, -0.1) is 6.58 Å². The lowest BCUT2D eigenvalue weighted by Gasteiger charge is -2.15. The van der Waals surface area contributed by atoms with E-state index in [1.807, 2.05) is 37.3 Å². The van der Waals surface area contributed by atoms with Gasteiger partial charge in [0.25, 0.3) is 0 Å². The first kappa shape index (κ1) is 14.4. The number of H-pyrrole nitrogens is 1. The summed E-state index contributed by atoms with van der Waals surface area (Å²) >= 11 is 0. The summed E-state index contributed by atoms with van der Waals surface area (Å²) in [7, 11) is 0. The van der Waals surface area contributed by atoms with Crippen molar-refractivity contribution in [1.29, 1.82) is 0 Å². The quantitative estimate of drug-likeness (QED) is 0.690. The molecule has 0 aliphatic carbocycles. The van der Waals surface area contributed by atoms with Crippen LogP contribution < -0.4 is 4.74 Å². The smallest absolute Gasteiger partial charge is 0.153 e. The minimum atomic E-state index is -0.140. The number of aromatic amines is 1. The molecule has 2 aromatic carbocycles. The van der Waals surface area contributed by atoms with Crippen molar-refractivity contribution in [3.8, 4) is 5.75 Å². The van der Waals surface area contributed by atoms with Crippen LogP contribution in [0.2, 0.25) is 0 Å². The van der Waals surface area contributed by atoms with Crippen LogP contribution in [0.5, 0.6) is 5.75 Å². The van der Waals surface area contributed by atoms with Crippen molar-refractivity contribution in [1.82, 2.24) is 9.97 Å². The SMILES string of the molecule is C=CCc1ccccc1O[C@H](C)c1nc2ccc(C)cc2[nH]1. The second-order valence-corrected chi connectivity index (χ2v) is 5.50. The lowest BCUT2D eigenvalue weighted by molar-refractivity contribution is 0.216. The number of aryl methyl sites for hydroxylation is 1. The van der Waals surface area contributed by atoms with E-state index in [0.29, 0.717) is 0 Å². The van der Waals surface area contributed by atoms with Crippen molar-refractivity contribution in [3.05, 3.63) is 72.1 Å². The fourth-order valence-corrected chi connectivity index (χ4v) is 2.52. The summed E-state index contributed by atoms with van der Waals surface area (Å²) in [5.41, 5.74) is 4.36. The van der Waals surface area contributed by atoms with Crippen molar-refractivity contribution < 1.29 is 4.74 Å². The third-order valence-corrected chi connectivity index (χ3v) is 3.68. The number of benzene rings is 2. The molecule has 112 valence electrons. The Morgan fingerprint density at radius 3 is 2.91 bits per heavy atom. The van der Waals surface area contributed by atoms with Crippen LogP contribution in [0.15, 0.2) is 55.1 Å². The molecule has 3 heteroatoms. The zero-order chi connectivity index (χ0) is 15.5. The highest BCUT2D eigenvalue weighted by atomic mass is 16.5. The van der Waals surface area contributed by atoms with Crippen LogP contribution >= 0.6 is 0 Å². The van der Waals surface area contributed by atoms with Gasteiger partial charge in [-0.25, -0.2) is 4.98 Å². The van der Waals surface area contributed by atoms with E-state index in [1.165, 1.54) is 5.56 Å². The maximum Gasteiger partial charge on any atom is 0.153 e. The summed E-state index contributed by atoms with van der Waals surface area (Å²) in [6, 6.07) is 14.2. The summed E-state index contributed by atoms with van der Waals surface area (Å²) in [6.45, 7) is 7.88. The maximum absolute atomic E-state index is 6.10. The molecule has 0 radical (unpaired) electrons. The van der Waals surface area contributed by atoms with Gasteiger partial charge in [0.15, 0.2) is 6.10 Å². The minimum Gasteiger partial charge on any atom is -0.483 e. The summed E-state index contributed by atoms with van der Waals surface area (Å²) in [4.78, 5) is 7.98. The van der Waals surface area contributed by atoms with E-state index >= 15 is 0 Å². The number of allylic oxidation sites excluding steroid dienone is 1. The van der Waals surface area contributed by atoms with E-state index in [9.17, 15) is 0 Å². The predicted octanol–water partition coefficient (Wildman–Crippen LogP) is 4.74. The molecule has 0 spiro atoms. The van der Waals surface area contributed by atoms with Crippen LogP contribution in [-0.2, 0) is 6.42 Å². The molecule has 22 heavy (non-hydrogen) atoms. The van der Waals surface area contributed by atoms with E-state index in [2.05, 4.69) is 41.7 Å². The van der Waals surface area contributed by atoms with Crippen LogP contribution in [0.1, 0.15) is 30.0 Å². The first-order valence-electron chi connectivity index (χ1n) is 7.49. The number of rotatable bonds is 5. The van der Waals surface area contributed by atoms with Crippen LogP contribution in [0.3, 0.4) is 0 Å². The molecular formula is C19H20N2O. The maximum atomic E-state index is 6.10. The minimum absolute atomic E-state index is 0.140. The number of aromatic nitrogens is 2. The Balaban J connectivity index is 1.86. The molecule has 0 bridgehead atoms. The Hall–Kier alpha value is -2.55. The lowest BCUT2D eigenvalue weighted by atomic mass is 10.1. The molecule has 3 rings (SSSR count). The molecule has 0 amide bonds. The number of hydrogen-bond donors (Lipinski definition) is 1. The first-order chi connectivity index (χ1) is 10.7. The van der Waals surface area contributed by atoms with E-state index in [1.54, 1.807) is 0 Å². The number of nitrogens with one attached hydrogen (secondary N) is 1. The third-order valence-electron chi connectivity index (χ3n) is 3.68. The van der Waals surface area contributed by atoms with Crippen molar-refractivity contribution in [2.75, 3.05) is 0 Å². The summed E-state index contributed by atoms with van der Waals surface area (Å²) < 4.78 is 6.10. The van der Waals surface area contributed by atoms with Crippen LogP contribution in [0.25, 0.3) is 11.0 Å². The molecule has 1 heterocycles. The molecule has 0 aliphatic heterocycles. The summed E-state index contributed by atoms with van der Waals surface area (Å²) in [5, 5.41) is 0. The first-order valence-corrected chi connectivity index (χ1v) is 7.49. The monoisotopic (exact) mass is 292 g/mol. The Bertz CT molecular complexity index is 804. The van der Waals surface area contributed by atoms with E-state index in [0.717, 1.165) is 34.6 Å². The standard InChI is InChI=1S/C19H20N2O/c1-4-7-15-8-5-6-9-18(15)22-14(3)19-20-16-11-10-13(2)12-17(16)21-19/h4-6,8-12,14H,1,7H2,2-3H3,(H,20,21)/t14-/m1/s1. The lowest BCUT2D eigenvalue weighted by Crippen LogP contribution is -2.06. The van der Waals surface area contributed by atoms with Gasteiger partial charge in [0.2, 0.25) is 0 Å². The fourth-order valence-electron chi connectivity index (χ4n) is 2.52. The number of para-hydroxylation sites is 1. The molecule has 0 aliphatic rings. The largest absolute Gasteiger partial charge is 0.483 e. The van der Waals surface area contributed by atoms with Crippen LogP contribution in [0.4, 0.5) is 0 Å². The zero-order valence-corrected chi connectivity index (χ0v) is 13.0. The number of fused-ring (bicyclic) bond motifs is 1. The molecule has 1 N–H and O–H groups in total. The molecule has 3 aromatic rings. The second kappa shape index (κ2) is 6.06. The van der Waals surface area contributed by atoms with Gasteiger partial charge in [-0.1, -0.05) is 30.3 Å². The average Bonchev–Trinajstić information content (AvgIpc) is 2.92. The number of hydrogen-bond acceptors (Lipinski definition) is 2. The van der Waals surface area contributed by atoms with Crippen molar-refractivity contribution in [2.45, 2.75) is 26.4 Å². The molecule has 1 aromatic heterocycles. The summed E-state index contributed by atoms with van der Waals surface area (Å²) in [6.07, 6.45) is 2.54. The second-order valence-electron chi connectivity index (χ2n) is 5.50. The molecule has 1 atom stereocenters. The van der Waals surface area contributed by atoms with Gasteiger partial charge in [0.05, 0.1) is 11.0 Å². The van der Waals surface area contributed by atoms with E-state index in [-0.39, 0.29) is 6.10 Å².